The summed E-state index contributed by atoms with van der Waals surface area (Å²) in [5.74, 6) is -0.249. The van der Waals surface area contributed by atoms with Gasteiger partial charge in [0.05, 0.1) is 6.21 Å². The summed E-state index contributed by atoms with van der Waals surface area (Å²) in [4.78, 5) is 11.7. The minimum Gasteiger partial charge on any atom is -0.504 e. The number of benzene rings is 1. The average molecular weight is 259 g/mol. The molecule has 0 amide bonds. The monoisotopic (exact) mass is 259 g/mol. The molecular formula is C13H13N3O3. The first kappa shape index (κ1) is 12.7. The van der Waals surface area contributed by atoms with Gasteiger partial charge in [-0.1, -0.05) is 0 Å². The van der Waals surface area contributed by atoms with Gasteiger partial charge in [0.15, 0.2) is 11.5 Å². The Hall–Kier alpha value is -2.76. The molecule has 6 nitrogen and oxygen atoms in total. The molecule has 0 aliphatic rings. The minimum absolute atomic E-state index is 0.218. The highest BCUT2D eigenvalue weighted by molar-refractivity contribution is 5.80. The predicted octanol–water partition coefficient (Wildman–Crippen LogP) is 1.03. The Bertz CT molecular complexity index is 705. The Kier molecular flexibility index (Phi) is 3.24. The lowest BCUT2D eigenvalue weighted by Gasteiger charge is -2.04. The van der Waals surface area contributed by atoms with Crippen molar-refractivity contribution in [1.29, 1.82) is 0 Å². The number of phenolic OH excluding ortho intramolecular Hbond substituents is 2. The fourth-order valence-corrected chi connectivity index (χ4v) is 1.59. The number of rotatable bonds is 2. The normalized spacial score (nSPS) is 11.0. The number of anilines is 1. The maximum atomic E-state index is 11.7. The molecule has 2 rings (SSSR count). The van der Waals surface area contributed by atoms with E-state index in [1.165, 1.54) is 24.4 Å². The van der Waals surface area contributed by atoms with Crippen molar-refractivity contribution >= 4 is 12.0 Å². The second-order valence-electron chi connectivity index (χ2n) is 4.10. The third kappa shape index (κ3) is 2.74. The molecule has 98 valence electrons. The van der Waals surface area contributed by atoms with E-state index >= 15 is 0 Å². The highest BCUT2D eigenvalue weighted by Gasteiger charge is 2.01. The molecule has 0 bridgehead atoms. The lowest BCUT2D eigenvalue weighted by molar-refractivity contribution is 0.403. The lowest BCUT2D eigenvalue weighted by atomic mass is 10.2. The number of nitrogen functional groups attached to an aromatic ring is 1. The van der Waals surface area contributed by atoms with Crippen LogP contribution in [0.25, 0.3) is 0 Å². The molecule has 1 aromatic carbocycles. The smallest absolute Gasteiger partial charge is 0.273 e. The van der Waals surface area contributed by atoms with Crippen LogP contribution in [-0.2, 0) is 0 Å². The Labute approximate surface area is 109 Å². The molecule has 4 N–H and O–H groups in total. The van der Waals surface area contributed by atoms with Crippen molar-refractivity contribution in [3.05, 3.63) is 51.8 Å². The summed E-state index contributed by atoms with van der Waals surface area (Å²) in [7, 11) is 0. The molecule has 0 fully saturated rings. The molecule has 0 aliphatic heterocycles. The summed E-state index contributed by atoms with van der Waals surface area (Å²) in [5, 5.41) is 22.5. The number of nitrogens with zero attached hydrogens (tertiary/aromatic N) is 2. The average Bonchev–Trinajstić information content (AvgIpc) is 2.32. The van der Waals surface area contributed by atoms with Crippen molar-refractivity contribution < 1.29 is 10.2 Å². The second-order valence-corrected chi connectivity index (χ2v) is 4.10. The maximum Gasteiger partial charge on any atom is 0.273 e. The summed E-state index contributed by atoms with van der Waals surface area (Å²) < 4.78 is 1.05. The van der Waals surface area contributed by atoms with Gasteiger partial charge in [-0.15, -0.1) is 0 Å². The molecule has 0 radical (unpaired) electrons. The van der Waals surface area contributed by atoms with Gasteiger partial charge in [0.25, 0.3) is 5.56 Å². The first-order chi connectivity index (χ1) is 8.97. The lowest BCUT2D eigenvalue weighted by Crippen LogP contribution is -2.19. The number of pyridine rings is 1. The Balaban J connectivity index is 2.38. The molecule has 0 saturated heterocycles. The van der Waals surface area contributed by atoms with E-state index in [1.54, 1.807) is 19.1 Å². The van der Waals surface area contributed by atoms with Gasteiger partial charge in [0, 0.05) is 6.07 Å². The van der Waals surface area contributed by atoms with Crippen molar-refractivity contribution in [2.24, 2.45) is 5.10 Å². The fourth-order valence-electron chi connectivity index (χ4n) is 1.59. The summed E-state index contributed by atoms with van der Waals surface area (Å²) >= 11 is 0. The SMILES string of the molecule is Cc1cc(N)n(/N=C/c2ccc(O)c(O)c2)c(=O)c1. The number of aryl methyl sites for hydroxylation is 1. The van der Waals surface area contributed by atoms with Crippen molar-refractivity contribution in [1.82, 2.24) is 4.68 Å². The van der Waals surface area contributed by atoms with E-state index in [2.05, 4.69) is 5.10 Å². The largest absolute Gasteiger partial charge is 0.504 e. The fraction of sp³-hybridized carbons (Fsp3) is 0.0769. The van der Waals surface area contributed by atoms with E-state index in [4.69, 9.17) is 5.73 Å². The van der Waals surface area contributed by atoms with Crippen LogP contribution in [0.4, 0.5) is 5.82 Å². The van der Waals surface area contributed by atoms with Gasteiger partial charge in [-0.05, 0) is 42.3 Å². The maximum absolute atomic E-state index is 11.7. The van der Waals surface area contributed by atoms with Crippen molar-refractivity contribution in [3.8, 4) is 11.5 Å². The minimum atomic E-state index is -0.336. The molecule has 0 unspecified atom stereocenters. The Morgan fingerprint density at radius 1 is 1.21 bits per heavy atom. The van der Waals surface area contributed by atoms with Crippen LogP contribution in [0.15, 0.2) is 40.2 Å². The molecule has 0 atom stereocenters. The third-order valence-electron chi connectivity index (χ3n) is 2.50. The van der Waals surface area contributed by atoms with E-state index < -0.39 is 0 Å². The van der Waals surface area contributed by atoms with Gasteiger partial charge in [-0.3, -0.25) is 4.79 Å². The molecular weight excluding hydrogens is 246 g/mol. The molecule has 1 aromatic heterocycles. The van der Waals surface area contributed by atoms with Crippen LogP contribution >= 0.6 is 0 Å². The van der Waals surface area contributed by atoms with Gasteiger partial charge in [0.1, 0.15) is 5.82 Å². The van der Waals surface area contributed by atoms with Crippen LogP contribution < -0.4 is 11.3 Å². The van der Waals surface area contributed by atoms with Crippen LogP contribution in [0.3, 0.4) is 0 Å². The first-order valence-electron chi connectivity index (χ1n) is 5.53. The molecule has 19 heavy (non-hydrogen) atoms. The standard InChI is InChI=1S/C13H13N3O3/c1-8-4-12(14)16(13(19)5-8)15-7-9-2-3-10(17)11(18)6-9/h2-7,17-18H,14H2,1H3/b15-7+. The number of aromatic nitrogens is 1. The molecule has 0 spiro atoms. The second kappa shape index (κ2) is 4.85. The van der Waals surface area contributed by atoms with Gasteiger partial charge in [-0.2, -0.15) is 9.78 Å². The van der Waals surface area contributed by atoms with E-state index in [0.717, 1.165) is 10.2 Å². The predicted molar refractivity (Wildman–Crippen MR) is 72.6 cm³/mol. The topological polar surface area (TPSA) is 101 Å². The van der Waals surface area contributed by atoms with Crippen LogP contribution in [0.1, 0.15) is 11.1 Å². The van der Waals surface area contributed by atoms with E-state index in [1.807, 2.05) is 0 Å². The summed E-state index contributed by atoms with van der Waals surface area (Å²) in [6.45, 7) is 1.77. The zero-order valence-corrected chi connectivity index (χ0v) is 10.2. The Morgan fingerprint density at radius 2 is 1.95 bits per heavy atom. The molecule has 1 heterocycles. The first-order valence-corrected chi connectivity index (χ1v) is 5.53. The number of nitrogens with two attached hydrogens (primary N) is 1. The quantitative estimate of drug-likeness (QED) is 0.554. The van der Waals surface area contributed by atoms with Crippen LogP contribution in [0, 0.1) is 6.92 Å². The van der Waals surface area contributed by atoms with Crippen LogP contribution in [-0.4, -0.2) is 21.1 Å². The molecule has 2 aromatic rings. The van der Waals surface area contributed by atoms with Crippen LogP contribution in [0.5, 0.6) is 11.5 Å². The van der Waals surface area contributed by atoms with Crippen molar-refractivity contribution in [3.63, 3.8) is 0 Å². The van der Waals surface area contributed by atoms with Gasteiger partial charge < -0.3 is 15.9 Å². The van der Waals surface area contributed by atoms with E-state index in [9.17, 15) is 15.0 Å². The van der Waals surface area contributed by atoms with Crippen molar-refractivity contribution in [2.75, 3.05) is 5.73 Å². The third-order valence-corrected chi connectivity index (χ3v) is 2.50. The van der Waals surface area contributed by atoms with E-state index in [-0.39, 0.29) is 22.9 Å². The van der Waals surface area contributed by atoms with Gasteiger partial charge >= 0.3 is 0 Å². The molecule has 0 saturated carbocycles. The number of hydrogen-bond acceptors (Lipinski definition) is 5. The highest BCUT2D eigenvalue weighted by atomic mass is 16.3. The van der Waals surface area contributed by atoms with E-state index in [0.29, 0.717) is 5.56 Å². The molecule has 0 aliphatic carbocycles. The number of hydrogen-bond donors (Lipinski definition) is 3. The Morgan fingerprint density at radius 3 is 2.58 bits per heavy atom. The van der Waals surface area contributed by atoms with Crippen LogP contribution in [0.2, 0.25) is 0 Å². The van der Waals surface area contributed by atoms with Crippen molar-refractivity contribution in [2.45, 2.75) is 6.92 Å². The summed E-state index contributed by atoms with van der Waals surface area (Å²) in [6, 6.07) is 7.26. The van der Waals surface area contributed by atoms with Gasteiger partial charge in [0.2, 0.25) is 0 Å². The molecule has 6 heteroatoms. The summed E-state index contributed by atoms with van der Waals surface area (Å²) in [6.07, 6.45) is 1.37. The zero-order valence-electron chi connectivity index (χ0n) is 10.2. The number of aromatic hydroxyl groups is 2. The number of phenols is 2. The highest BCUT2D eigenvalue weighted by Crippen LogP contribution is 2.24. The zero-order chi connectivity index (χ0) is 14.0. The summed E-state index contributed by atoms with van der Waals surface area (Å²) in [5.41, 5.74) is 6.65. The van der Waals surface area contributed by atoms with Gasteiger partial charge in [-0.25, -0.2) is 0 Å².